The molecular weight excluding hydrogens is 417 g/mol. The lowest BCUT2D eigenvalue weighted by molar-refractivity contribution is -0.137. The summed E-state index contributed by atoms with van der Waals surface area (Å²) in [5.41, 5.74) is 0.782. The van der Waals surface area contributed by atoms with E-state index < -0.39 is 11.7 Å². The minimum Gasteiger partial charge on any atom is -0.323 e. The Bertz CT molecular complexity index is 1400. The van der Waals surface area contributed by atoms with Gasteiger partial charge in [0, 0.05) is 23.2 Å². The van der Waals surface area contributed by atoms with Gasteiger partial charge in [0.1, 0.15) is 5.82 Å². The molecule has 0 aliphatic carbocycles. The summed E-state index contributed by atoms with van der Waals surface area (Å²) in [6.07, 6.45) is -2.96. The highest BCUT2D eigenvalue weighted by Gasteiger charge is 2.34. The molecule has 3 heterocycles. The van der Waals surface area contributed by atoms with Gasteiger partial charge in [-0.3, -0.25) is 10.1 Å². The van der Waals surface area contributed by atoms with Gasteiger partial charge in [0.25, 0.3) is 0 Å². The molecule has 0 radical (unpaired) electrons. The molecule has 0 spiro atoms. The van der Waals surface area contributed by atoms with Crippen LogP contribution in [0.1, 0.15) is 5.56 Å². The molecule has 6 nitrogen and oxygen atoms in total. The van der Waals surface area contributed by atoms with Gasteiger partial charge in [-0.05, 0) is 30.3 Å². The number of nitrogens with one attached hydrogen (secondary N) is 2. The fourth-order valence-corrected chi connectivity index (χ4v) is 3.38. The van der Waals surface area contributed by atoms with Crippen molar-refractivity contribution in [2.24, 2.45) is 0 Å². The van der Waals surface area contributed by atoms with E-state index in [4.69, 9.17) is 0 Å². The van der Waals surface area contributed by atoms with Crippen LogP contribution >= 0.6 is 0 Å². The molecule has 0 atom stereocenters. The fourth-order valence-electron chi connectivity index (χ4n) is 3.38. The average molecular weight is 432 g/mol. The van der Waals surface area contributed by atoms with Crippen LogP contribution in [0.2, 0.25) is 0 Å². The van der Waals surface area contributed by atoms with Crippen molar-refractivity contribution in [3.05, 3.63) is 84.6 Å². The number of fused-ring (bicyclic) bond motifs is 1. The molecule has 2 aromatic carbocycles. The Morgan fingerprint density at radius 2 is 1.59 bits per heavy atom. The number of H-pyrrole nitrogens is 1. The second kappa shape index (κ2) is 7.77. The first-order chi connectivity index (χ1) is 15.5. The normalized spacial score (nSPS) is 11.6. The van der Waals surface area contributed by atoms with Crippen molar-refractivity contribution in [2.45, 2.75) is 6.18 Å². The van der Waals surface area contributed by atoms with Crippen molar-refractivity contribution in [3.8, 4) is 22.8 Å². The first-order valence-electron chi connectivity index (χ1n) is 9.66. The van der Waals surface area contributed by atoms with Crippen LogP contribution in [-0.2, 0) is 6.18 Å². The third-order valence-corrected chi connectivity index (χ3v) is 4.84. The molecule has 0 bridgehead atoms. The highest BCUT2D eigenvalue weighted by molar-refractivity contribution is 5.91. The topological polar surface area (TPSA) is 79.4 Å². The van der Waals surface area contributed by atoms with Gasteiger partial charge in [-0.2, -0.15) is 18.3 Å². The van der Waals surface area contributed by atoms with E-state index >= 15 is 0 Å². The molecule has 5 rings (SSSR count). The van der Waals surface area contributed by atoms with Crippen molar-refractivity contribution in [3.63, 3.8) is 0 Å². The maximum atomic E-state index is 13.6. The van der Waals surface area contributed by atoms with Crippen LogP contribution in [0.4, 0.5) is 24.8 Å². The Kier molecular flexibility index (Phi) is 4.78. The van der Waals surface area contributed by atoms with Crippen molar-refractivity contribution < 1.29 is 13.2 Å². The summed E-state index contributed by atoms with van der Waals surface area (Å²) in [5, 5.41) is 11.1. The molecule has 0 amide bonds. The Labute approximate surface area is 180 Å². The maximum absolute atomic E-state index is 13.6. The van der Waals surface area contributed by atoms with E-state index in [1.165, 1.54) is 18.2 Å². The van der Waals surface area contributed by atoms with Gasteiger partial charge in [0.2, 0.25) is 0 Å². The number of rotatable bonds is 4. The van der Waals surface area contributed by atoms with Crippen LogP contribution in [0.25, 0.3) is 33.7 Å². The molecular formula is C23H15F3N6. The number of pyridine rings is 1. The zero-order valence-electron chi connectivity index (χ0n) is 16.4. The number of hydrogen-bond acceptors (Lipinski definition) is 5. The van der Waals surface area contributed by atoms with Crippen molar-refractivity contribution in [2.75, 3.05) is 5.32 Å². The number of anilines is 2. The summed E-state index contributed by atoms with van der Waals surface area (Å²) >= 11 is 0. The number of benzene rings is 2. The first-order valence-corrected chi connectivity index (χ1v) is 9.66. The van der Waals surface area contributed by atoms with E-state index in [2.05, 4.69) is 30.5 Å². The van der Waals surface area contributed by atoms with Gasteiger partial charge in [-0.25, -0.2) is 9.97 Å². The summed E-state index contributed by atoms with van der Waals surface area (Å²) in [4.78, 5) is 13.1. The fraction of sp³-hybridized carbons (Fsp3) is 0.0435. The average Bonchev–Trinajstić information content (AvgIpc) is 3.22. The molecule has 0 fully saturated rings. The molecule has 0 saturated carbocycles. The third-order valence-electron chi connectivity index (χ3n) is 4.84. The van der Waals surface area contributed by atoms with E-state index in [0.717, 1.165) is 17.0 Å². The predicted molar refractivity (Wildman–Crippen MR) is 115 cm³/mol. The van der Waals surface area contributed by atoms with E-state index in [-0.39, 0.29) is 11.4 Å². The number of aromatic amines is 1. The van der Waals surface area contributed by atoms with Crippen LogP contribution in [0, 0.1) is 0 Å². The minimum absolute atomic E-state index is 0.0663. The summed E-state index contributed by atoms with van der Waals surface area (Å²) < 4.78 is 40.9. The number of hydrogen-bond donors (Lipinski definition) is 2. The van der Waals surface area contributed by atoms with Gasteiger partial charge in [-0.15, -0.1) is 0 Å². The van der Waals surface area contributed by atoms with Gasteiger partial charge < -0.3 is 5.32 Å². The lowest BCUT2D eigenvalue weighted by atomic mass is 10.1. The number of para-hydroxylation sites is 1. The summed E-state index contributed by atoms with van der Waals surface area (Å²) in [7, 11) is 0. The van der Waals surface area contributed by atoms with Gasteiger partial charge in [0.15, 0.2) is 11.6 Å². The number of aromatic nitrogens is 5. The Morgan fingerprint density at radius 3 is 2.41 bits per heavy atom. The number of halogens is 3. The Morgan fingerprint density at radius 1 is 0.812 bits per heavy atom. The summed E-state index contributed by atoms with van der Waals surface area (Å²) in [6.45, 7) is 0. The zero-order chi connectivity index (χ0) is 22.1. The second-order valence-corrected chi connectivity index (χ2v) is 6.96. The Hall–Kier alpha value is -4.27. The highest BCUT2D eigenvalue weighted by Crippen LogP contribution is 2.37. The van der Waals surface area contributed by atoms with Crippen LogP contribution < -0.4 is 5.32 Å². The zero-order valence-corrected chi connectivity index (χ0v) is 16.4. The van der Waals surface area contributed by atoms with E-state index in [9.17, 15) is 13.2 Å². The molecule has 0 aliphatic rings. The van der Waals surface area contributed by atoms with Gasteiger partial charge >= 0.3 is 6.18 Å². The number of alkyl halides is 3. The lowest BCUT2D eigenvalue weighted by Gasteiger charge is -2.14. The van der Waals surface area contributed by atoms with Gasteiger partial charge in [0.05, 0.1) is 22.5 Å². The van der Waals surface area contributed by atoms with Crippen LogP contribution in [0.15, 0.2) is 79.0 Å². The monoisotopic (exact) mass is 432 g/mol. The smallest absolute Gasteiger partial charge is 0.323 e. The van der Waals surface area contributed by atoms with Gasteiger partial charge in [-0.1, -0.05) is 36.4 Å². The quantitative estimate of drug-likeness (QED) is 0.373. The molecule has 0 aliphatic heterocycles. The molecule has 0 unspecified atom stereocenters. The van der Waals surface area contributed by atoms with E-state index in [0.29, 0.717) is 23.0 Å². The third kappa shape index (κ3) is 3.76. The van der Waals surface area contributed by atoms with Crippen molar-refractivity contribution >= 4 is 22.5 Å². The molecule has 3 aromatic heterocycles. The molecule has 2 N–H and O–H groups in total. The molecule has 5 aromatic rings. The van der Waals surface area contributed by atoms with Crippen molar-refractivity contribution in [1.82, 2.24) is 25.1 Å². The summed E-state index contributed by atoms with van der Waals surface area (Å²) in [5.74, 6) is 0.731. The minimum atomic E-state index is -4.55. The predicted octanol–water partition coefficient (Wildman–Crippen LogP) is 5.84. The molecule has 158 valence electrons. The van der Waals surface area contributed by atoms with Crippen LogP contribution in [-0.4, -0.2) is 25.1 Å². The van der Waals surface area contributed by atoms with E-state index in [1.807, 2.05) is 24.3 Å². The standard InChI is InChI=1S/C23H15F3N6/c24-23(25,26)16-9-3-1-7-14(16)21-28-19(18-11-5-6-12-27-18)13-20(29-21)30-22-15-8-2-4-10-17(15)31-32-22/h1-13H,(H2,28,29,30,31,32). The maximum Gasteiger partial charge on any atom is 0.417 e. The SMILES string of the molecule is FC(F)(F)c1ccccc1-c1nc(Nc2n[nH]c3ccccc23)cc(-c2ccccn2)n1. The first kappa shape index (κ1) is 19.7. The van der Waals surface area contributed by atoms with Crippen LogP contribution in [0.5, 0.6) is 0 Å². The Balaban J connectivity index is 1.67. The lowest BCUT2D eigenvalue weighted by Crippen LogP contribution is -2.09. The van der Waals surface area contributed by atoms with E-state index in [1.54, 1.807) is 30.5 Å². The number of nitrogens with zero attached hydrogens (tertiary/aromatic N) is 4. The largest absolute Gasteiger partial charge is 0.417 e. The highest BCUT2D eigenvalue weighted by atomic mass is 19.4. The van der Waals surface area contributed by atoms with Crippen LogP contribution in [0.3, 0.4) is 0 Å². The molecule has 9 heteroatoms. The second-order valence-electron chi connectivity index (χ2n) is 6.96. The molecule has 32 heavy (non-hydrogen) atoms. The molecule has 0 saturated heterocycles. The summed E-state index contributed by atoms with van der Waals surface area (Å²) in [6, 6.07) is 19.6. The van der Waals surface area contributed by atoms with Crippen molar-refractivity contribution in [1.29, 1.82) is 0 Å².